The summed E-state index contributed by atoms with van der Waals surface area (Å²) in [6.07, 6.45) is 0. The second-order valence-corrected chi connectivity index (χ2v) is 4.32. The molecule has 0 atom stereocenters. The molecule has 0 aromatic heterocycles. The summed E-state index contributed by atoms with van der Waals surface area (Å²) in [6, 6.07) is 6.28. The van der Waals surface area contributed by atoms with Crippen LogP contribution in [0, 0.1) is 12.8 Å². The molecule has 16 heavy (non-hydrogen) atoms. The quantitative estimate of drug-likeness (QED) is 0.796. The topological polar surface area (TPSA) is 33.3 Å². The van der Waals surface area contributed by atoms with Gasteiger partial charge in [0, 0.05) is 31.2 Å². The van der Waals surface area contributed by atoms with E-state index in [0.29, 0.717) is 0 Å². The molecule has 0 radical (unpaired) electrons. The van der Waals surface area contributed by atoms with Crippen LogP contribution in [-0.4, -0.2) is 26.2 Å². The molecule has 1 aromatic carbocycles. The first-order valence-electron chi connectivity index (χ1n) is 5.97. The van der Waals surface area contributed by atoms with E-state index in [2.05, 4.69) is 29.7 Å². The van der Waals surface area contributed by atoms with E-state index in [-0.39, 0.29) is 0 Å². The van der Waals surface area contributed by atoms with Gasteiger partial charge in [0.05, 0.1) is 6.61 Å². The molecule has 2 rings (SSSR count). The normalized spacial score (nSPS) is 15.6. The SMILES string of the molecule is CCOc1ccc(NCC2CNC2)cc1C. The van der Waals surface area contributed by atoms with E-state index in [9.17, 15) is 0 Å². The molecule has 0 amide bonds. The van der Waals surface area contributed by atoms with Crippen molar-refractivity contribution in [3.63, 3.8) is 0 Å². The van der Waals surface area contributed by atoms with Gasteiger partial charge in [0.15, 0.2) is 0 Å². The van der Waals surface area contributed by atoms with E-state index in [4.69, 9.17) is 4.74 Å². The molecule has 88 valence electrons. The van der Waals surface area contributed by atoms with Crippen LogP contribution in [-0.2, 0) is 0 Å². The second kappa shape index (κ2) is 5.21. The monoisotopic (exact) mass is 220 g/mol. The van der Waals surface area contributed by atoms with Crippen LogP contribution in [0.25, 0.3) is 0 Å². The number of ether oxygens (including phenoxy) is 1. The number of hydrogen-bond acceptors (Lipinski definition) is 3. The highest BCUT2D eigenvalue weighted by Gasteiger charge is 2.15. The number of anilines is 1. The number of hydrogen-bond donors (Lipinski definition) is 2. The molecule has 1 fully saturated rings. The number of aryl methyl sites for hydroxylation is 1. The van der Waals surface area contributed by atoms with E-state index in [1.807, 2.05) is 13.0 Å². The third-order valence-corrected chi connectivity index (χ3v) is 2.94. The first-order chi connectivity index (χ1) is 7.79. The van der Waals surface area contributed by atoms with Crippen molar-refractivity contribution in [3.8, 4) is 5.75 Å². The molecule has 0 saturated carbocycles. The number of rotatable bonds is 5. The van der Waals surface area contributed by atoms with Crippen LogP contribution in [0.4, 0.5) is 5.69 Å². The molecule has 1 saturated heterocycles. The van der Waals surface area contributed by atoms with Crippen molar-refractivity contribution in [2.75, 3.05) is 31.6 Å². The van der Waals surface area contributed by atoms with Crippen LogP contribution < -0.4 is 15.4 Å². The molecular formula is C13H20N2O. The third kappa shape index (κ3) is 2.67. The lowest BCUT2D eigenvalue weighted by molar-refractivity contribution is 0.338. The lowest BCUT2D eigenvalue weighted by Gasteiger charge is -2.27. The standard InChI is InChI=1S/C13H20N2O/c1-3-16-13-5-4-12(6-10(13)2)15-9-11-7-14-8-11/h4-6,11,14-15H,3,7-9H2,1-2H3. The summed E-state index contributed by atoms with van der Waals surface area (Å²) in [6.45, 7) is 8.16. The van der Waals surface area contributed by atoms with Crippen LogP contribution in [0.15, 0.2) is 18.2 Å². The maximum atomic E-state index is 5.51. The average molecular weight is 220 g/mol. The Kier molecular flexibility index (Phi) is 3.67. The lowest BCUT2D eigenvalue weighted by atomic mass is 10.0. The maximum absolute atomic E-state index is 5.51. The van der Waals surface area contributed by atoms with Crippen molar-refractivity contribution in [2.24, 2.45) is 5.92 Å². The summed E-state index contributed by atoms with van der Waals surface area (Å²) in [5, 5.41) is 6.74. The molecule has 0 unspecified atom stereocenters. The Morgan fingerprint density at radius 1 is 1.44 bits per heavy atom. The van der Waals surface area contributed by atoms with Crippen LogP contribution in [0.5, 0.6) is 5.75 Å². The minimum absolute atomic E-state index is 0.724. The smallest absolute Gasteiger partial charge is 0.122 e. The van der Waals surface area contributed by atoms with E-state index in [0.717, 1.165) is 37.9 Å². The van der Waals surface area contributed by atoms with Crippen molar-refractivity contribution in [2.45, 2.75) is 13.8 Å². The molecule has 1 aliphatic heterocycles. The first-order valence-corrected chi connectivity index (χ1v) is 5.97. The van der Waals surface area contributed by atoms with Crippen molar-refractivity contribution in [1.29, 1.82) is 0 Å². The summed E-state index contributed by atoms with van der Waals surface area (Å²) in [4.78, 5) is 0. The molecule has 1 aromatic rings. The molecule has 0 spiro atoms. The van der Waals surface area contributed by atoms with Gasteiger partial charge in [-0.1, -0.05) is 0 Å². The van der Waals surface area contributed by atoms with Crippen molar-refractivity contribution >= 4 is 5.69 Å². The van der Waals surface area contributed by atoms with E-state index < -0.39 is 0 Å². The predicted molar refractivity (Wildman–Crippen MR) is 67.2 cm³/mol. The van der Waals surface area contributed by atoms with Crippen LogP contribution in [0.2, 0.25) is 0 Å². The van der Waals surface area contributed by atoms with Gasteiger partial charge in [-0.25, -0.2) is 0 Å². The minimum atomic E-state index is 0.724. The fraction of sp³-hybridized carbons (Fsp3) is 0.538. The highest BCUT2D eigenvalue weighted by molar-refractivity contribution is 5.50. The number of nitrogens with one attached hydrogen (secondary N) is 2. The lowest BCUT2D eigenvalue weighted by Crippen LogP contribution is -2.45. The molecule has 2 N–H and O–H groups in total. The zero-order valence-electron chi connectivity index (χ0n) is 10.0. The second-order valence-electron chi connectivity index (χ2n) is 4.32. The van der Waals surface area contributed by atoms with E-state index in [1.54, 1.807) is 0 Å². The highest BCUT2D eigenvalue weighted by Crippen LogP contribution is 2.22. The zero-order valence-corrected chi connectivity index (χ0v) is 10.0. The van der Waals surface area contributed by atoms with Crippen molar-refractivity contribution in [1.82, 2.24) is 5.32 Å². The summed E-state index contributed by atoms with van der Waals surface area (Å²) in [5.74, 6) is 1.77. The predicted octanol–water partition coefficient (Wildman–Crippen LogP) is 2.03. The van der Waals surface area contributed by atoms with Gasteiger partial charge in [0.1, 0.15) is 5.75 Å². The fourth-order valence-corrected chi connectivity index (χ4v) is 1.83. The zero-order chi connectivity index (χ0) is 11.4. The third-order valence-electron chi connectivity index (χ3n) is 2.94. The molecular weight excluding hydrogens is 200 g/mol. The Hall–Kier alpha value is -1.22. The van der Waals surface area contributed by atoms with Gasteiger partial charge in [0.25, 0.3) is 0 Å². The molecule has 1 aliphatic rings. The van der Waals surface area contributed by atoms with Gasteiger partial charge in [-0.05, 0) is 37.6 Å². The van der Waals surface area contributed by atoms with E-state index in [1.165, 1.54) is 11.3 Å². The van der Waals surface area contributed by atoms with Crippen LogP contribution >= 0.6 is 0 Å². The highest BCUT2D eigenvalue weighted by atomic mass is 16.5. The van der Waals surface area contributed by atoms with Crippen molar-refractivity contribution < 1.29 is 4.74 Å². The van der Waals surface area contributed by atoms with Gasteiger partial charge < -0.3 is 15.4 Å². The largest absolute Gasteiger partial charge is 0.494 e. The number of benzene rings is 1. The Morgan fingerprint density at radius 3 is 2.81 bits per heavy atom. The van der Waals surface area contributed by atoms with Gasteiger partial charge in [-0.3, -0.25) is 0 Å². The Morgan fingerprint density at radius 2 is 2.25 bits per heavy atom. The Bertz CT molecular complexity index is 348. The summed E-state index contributed by atoms with van der Waals surface area (Å²) < 4.78 is 5.51. The minimum Gasteiger partial charge on any atom is -0.494 e. The molecule has 0 bridgehead atoms. The van der Waals surface area contributed by atoms with Gasteiger partial charge in [-0.2, -0.15) is 0 Å². The summed E-state index contributed by atoms with van der Waals surface area (Å²) >= 11 is 0. The Balaban J connectivity index is 1.91. The van der Waals surface area contributed by atoms with Crippen molar-refractivity contribution in [3.05, 3.63) is 23.8 Å². The Labute approximate surface area is 97.2 Å². The van der Waals surface area contributed by atoms with Gasteiger partial charge in [-0.15, -0.1) is 0 Å². The average Bonchev–Trinajstić information content (AvgIpc) is 2.20. The fourth-order valence-electron chi connectivity index (χ4n) is 1.83. The maximum Gasteiger partial charge on any atom is 0.122 e. The summed E-state index contributed by atoms with van der Waals surface area (Å²) in [7, 11) is 0. The van der Waals surface area contributed by atoms with E-state index >= 15 is 0 Å². The molecule has 1 heterocycles. The van der Waals surface area contributed by atoms with Gasteiger partial charge in [0.2, 0.25) is 0 Å². The first kappa shape index (κ1) is 11.3. The van der Waals surface area contributed by atoms with Crippen LogP contribution in [0.1, 0.15) is 12.5 Å². The molecule has 3 heteroatoms. The molecule has 0 aliphatic carbocycles. The van der Waals surface area contributed by atoms with Gasteiger partial charge >= 0.3 is 0 Å². The summed E-state index contributed by atoms with van der Waals surface area (Å²) in [5.41, 5.74) is 2.38. The molecule has 3 nitrogen and oxygen atoms in total. The van der Waals surface area contributed by atoms with Crippen LogP contribution in [0.3, 0.4) is 0 Å².